The van der Waals surface area contributed by atoms with E-state index < -0.39 is 11.6 Å². The van der Waals surface area contributed by atoms with Crippen LogP contribution in [0.5, 0.6) is 0 Å². The summed E-state index contributed by atoms with van der Waals surface area (Å²) in [5.41, 5.74) is 0.293. The fourth-order valence-corrected chi connectivity index (χ4v) is 3.60. The number of halogens is 2. The van der Waals surface area contributed by atoms with Crippen LogP contribution >= 0.6 is 0 Å². The number of guanidine groups is 1. The fraction of sp³-hybridized carbons (Fsp3) is 0.650. The molecule has 2 heterocycles. The Morgan fingerprint density at radius 1 is 1.26 bits per heavy atom. The zero-order chi connectivity index (χ0) is 19.1. The molecule has 0 spiro atoms. The van der Waals surface area contributed by atoms with E-state index in [0.29, 0.717) is 18.1 Å². The Labute approximate surface area is 159 Å². The molecule has 0 aliphatic carbocycles. The number of ether oxygens (including phenoxy) is 2. The summed E-state index contributed by atoms with van der Waals surface area (Å²) in [6, 6.07) is 3.48. The van der Waals surface area contributed by atoms with Crippen LogP contribution in [-0.4, -0.2) is 56.4 Å². The van der Waals surface area contributed by atoms with Crippen LogP contribution < -0.4 is 5.32 Å². The summed E-state index contributed by atoms with van der Waals surface area (Å²) in [5, 5.41) is 3.13. The number of piperidine rings is 1. The van der Waals surface area contributed by atoms with Crippen molar-refractivity contribution in [3.63, 3.8) is 0 Å². The van der Waals surface area contributed by atoms with E-state index in [4.69, 9.17) is 9.47 Å². The number of hydrogen-bond acceptors (Lipinski definition) is 3. The SMILES string of the molecule is CN=C(NCc1cc(F)ccc1F)N1CCC(OCC2CCCCO2)CC1. The van der Waals surface area contributed by atoms with Gasteiger partial charge in [0.25, 0.3) is 0 Å². The zero-order valence-electron chi connectivity index (χ0n) is 15.9. The molecule has 1 unspecified atom stereocenters. The highest BCUT2D eigenvalue weighted by Gasteiger charge is 2.23. The van der Waals surface area contributed by atoms with Crippen molar-refractivity contribution >= 4 is 5.96 Å². The van der Waals surface area contributed by atoms with Crippen LogP contribution in [0.4, 0.5) is 8.78 Å². The quantitative estimate of drug-likeness (QED) is 0.629. The van der Waals surface area contributed by atoms with E-state index in [0.717, 1.165) is 57.5 Å². The Kier molecular flexibility index (Phi) is 7.41. The largest absolute Gasteiger partial charge is 0.376 e. The second kappa shape index (κ2) is 9.99. The molecule has 7 heteroatoms. The van der Waals surface area contributed by atoms with Crippen molar-refractivity contribution in [1.29, 1.82) is 0 Å². The lowest BCUT2D eigenvalue weighted by Crippen LogP contribution is -2.47. The predicted molar refractivity (Wildman–Crippen MR) is 101 cm³/mol. The average molecular weight is 381 g/mol. The second-order valence-corrected chi connectivity index (χ2v) is 7.14. The van der Waals surface area contributed by atoms with Crippen molar-refractivity contribution < 1.29 is 18.3 Å². The van der Waals surface area contributed by atoms with Gasteiger partial charge in [-0.2, -0.15) is 0 Å². The van der Waals surface area contributed by atoms with Gasteiger partial charge < -0.3 is 19.7 Å². The molecule has 2 aliphatic rings. The lowest BCUT2D eigenvalue weighted by molar-refractivity contribution is -0.0721. The summed E-state index contributed by atoms with van der Waals surface area (Å²) in [5.74, 6) is -0.160. The summed E-state index contributed by atoms with van der Waals surface area (Å²) in [4.78, 5) is 6.41. The first kappa shape index (κ1) is 20.0. The molecule has 1 aromatic rings. The lowest BCUT2D eigenvalue weighted by Gasteiger charge is -2.35. The number of hydrogen-bond donors (Lipinski definition) is 1. The summed E-state index contributed by atoms with van der Waals surface area (Å²) in [7, 11) is 1.70. The first-order chi connectivity index (χ1) is 13.2. The Balaban J connectivity index is 1.42. The van der Waals surface area contributed by atoms with E-state index >= 15 is 0 Å². The number of likely N-dealkylation sites (tertiary alicyclic amines) is 1. The molecule has 5 nitrogen and oxygen atoms in total. The predicted octanol–water partition coefficient (Wildman–Crippen LogP) is 3.09. The van der Waals surface area contributed by atoms with Gasteiger partial charge in [-0.25, -0.2) is 8.78 Å². The molecular formula is C20H29F2N3O2. The highest BCUT2D eigenvalue weighted by atomic mass is 19.1. The minimum Gasteiger partial charge on any atom is -0.376 e. The molecule has 1 N–H and O–H groups in total. The molecule has 3 rings (SSSR count). The molecule has 1 aromatic carbocycles. The minimum absolute atomic E-state index is 0.200. The highest BCUT2D eigenvalue weighted by molar-refractivity contribution is 5.79. The molecular weight excluding hydrogens is 352 g/mol. The Hall–Kier alpha value is -1.73. The number of nitrogens with one attached hydrogen (secondary N) is 1. The van der Waals surface area contributed by atoms with E-state index in [1.165, 1.54) is 12.5 Å². The van der Waals surface area contributed by atoms with Gasteiger partial charge in [-0.05, 0) is 50.3 Å². The van der Waals surface area contributed by atoms with Crippen LogP contribution in [0.25, 0.3) is 0 Å². The molecule has 1 atom stereocenters. The molecule has 27 heavy (non-hydrogen) atoms. The first-order valence-electron chi connectivity index (χ1n) is 9.78. The molecule has 2 saturated heterocycles. The maximum absolute atomic E-state index is 13.8. The van der Waals surface area contributed by atoms with Gasteiger partial charge in [0.2, 0.25) is 0 Å². The van der Waals surface area contributed by atoms with Crippen LogP contribution in [0.2, 0.25) is 0 Å². The fourth-order valence-electron chi connectivity index (χ4n) is 3.60. The number of aliphatic imine (C=N–C) groups is 1. The number of nitrogens with zero attached hydrogens (tertiary/aromatic N) is 2. The van der Waals surface area contributed by atoms with Gasteiger partial charge in [-0.15, -0.1) is 0 Å². The molecule has 0 amide bonds. The number of rotatable bonds is 5. The maximum atomic E-state index is 13.8. The monoisotopic (exact) mass is 381 g/mol. The molecule has 0 saturated carbocycles. The van der Waals surface area contributed by atoms with Crippen LogP contribution in [-0.2, 0) is 16.0 Å². The summed E-state index contributed by atoms with van der Waals surface area (Å²) in [6.07, 6.45) is 5.79. The van der Waals surface area contributed by atoms with E-state index in [9.17, 15) is 8.78 Å². The molecule has 0 bridgehead atoms. The minimum atomic E-state index is -0.442. The van der Waals surface area contributed by atoms with E-state index in [1.54, 1.807) is 7.05 Å². The van der Waals surface area contributed by atoms with Crippen molar-refractivity contribution in [3.8, 4) is 0 Å². The standard InChI is InChI=1S/C20H29F2N3O2/c1-23-20(24-13-15-12-16(21)5-6-19(15)22)25-9-7-17(8-10-25)27-14-18-4-2-3-11-26-18/h5-6,12,17-18H,2-4,7-11,13-14H2,1H3,(H,23,24). The van der Waals surface area contributed by atoms with Gasteiger partial charge in [0.15, 0.2) is 5.96 Å². The van der Waals surface area contributed by atoms with E-state index in [2.05, 4.69) is 15.2 Å². The van der Waals surface area contributed by atoms with Crippen molar-refractivity contribution in [3.05, 3.63) is 35.4 Å². The van der Waals surface area contributed by atoms with Gasteiger partial charge >= 0.3 is 0 Å². The summed E-state index contributed by atoms with van der Waals surface area (Å²) < 4.78 is 38.8. The van der Waals surface area contributed by atoms with Crippen molar-refractivity contribution in [2.45, 2.75) is 50.9 Å². The average Bonchev–Trinajstić information content (AvgIpc) is 2.71. The smallest absolute Gasteiger partial charge is 0.193 e. The zero-order valence-corrected chi connectivity index (χ0v) is 15.9. The maximum Gasteiger partial charge on any atom is 0.193 e. The van der Waals surface area contributed by atoms with Gasteiger partial charge in [-0.1, -0.05) is 0 Å². The van der Waals surface area contributed by atoms with Gasteiger partial charge in [0.05, 0.1) is 18.8 Å². The van der Waals surface area contributed by atoms with Crippen molar-refractivity contribution in [2.24, 2.45) is 4.99 Å². The van der Waals surface area contributed by atoms with Crippen molar-refractivity contribution in [2.75, 3.05) is 33.4 Å². The van der Waals surface area contributed by atoms with Gasteiger partial charge in [0.1, 0.15) is 11.6 Å². The Morgan fingerprint density at radius 2 is 2.07 bits per heavy atom. The summed E-state index contributed by atoms with van der Waals surface area (Å²) in [6.45, 7) is 3.37. The third-order valence-corrected chi connectivity index (χ3v) is 5.19. The Morgan fingerprint density at radius 3 is 2.78 bits per heavy atom. The van der Waals surface area contributed by atoms with Crippen LogP contribution in [0.15, 0.2) is 23.2 Å². The second-order valence-electron chi connectivity index (χ2n) is 7.14. The van der Waals surface area contributed by atoms with E-state index in [-0.39, 0.29) is 18.8 Å². The molecule has 0 radical (unpaired) electrons. The lowest BCUT2D eigenvalue weighted by atomic mass is 10.1. The topological polar surface area (TPSA) is 46.1 Å². The molecule has 150 valence electrons. The highest BCUT2D eigenvalue weighted by Crippen LogP contribution is 2.18. The normalized spacial score (nSPS) is 22.1. The number of benzene rings is 1. The Bertz CT molecular complexity index is 628. The van der Waals surface area contributed by atoms with Gasteiger partial charge in [0, 0.05) is 38.9 Å². The first-order valence-corrected chi connectivity index (χ1v) is 9.78. The van der Waals surface area contributed by atoms with Crippen LogP contribution in [0.1, 0.15) is 37.7 Å². The van der Waals surface area contributed by atoms with Crippen molar-refractivity contribution in [1.82, 2.24) is 10.2 Å². The third kappa shape index (κ3) is 5.87. The molecule has 2 aliphatic heterocycles. The van der Waals surface area contributed by atoms with Crippen LogP contribution in [0.3, 0.4) is 0 Å². The molecule has 0 aromatic heterocycles. The molecule has 2 fully saturated rings. The third-order valence-electron chi connectivity index (χ3n) is 5.19. The van der Waals surface area contributed by atoms with Crippen LogP contribution in [0, 0.1) is 11.6 Å². The summed E-state index contributed by atoms with van der Waals surface area (Å²) >= 11 is 0. The van der Waals surface area contributed by atoms with E-state index in [1.807, 2.05) is 0 Å². The van der Waals surface area contributed by atoms with Gasteiger partial charge in [-0.3, -0.25) is 4.99 Å².